The van der Waals surface area contributed by atoms with Crippen LogP contribution in [0.2, 0.25) is 0 Å². The summed E-state index contributed by atoms with van der Waals surface area (Å²) in [5.74, 6) is 0. The Hall–Kier alpha value is 0.310. The molecule has 0 fully saturated rings. The molecule has 3 nitrogen and oxygen atoms in total. The van der Waals surface area contributed by atoms with Crippen LogP contribution in [0.15, 0.2) is 0 Å². The van der Waals surface area contributed by atoms with Gasteiger partial charge in [0.2, 0.25) is 0 Å². The molecule has 0 aliphatic carbocycles. The second-order valence-electron chi connectivity index (χ2n) is 4.29. The molecule has 0 aromatic heterocycles. The van der Waals surface area contributed by atoms with Crippen LogP contribution in [-0.4, -0.2) is 60.3 Å². The molecule has 0 atom stereocenters. The molecule has 0 unspecified atom stereocenters. The van der Waals surface area contributed by atoms with E-state index in [-0.39, 0.29) is 19.8 Å². The Kier molecular flexibility index (Phi) is 8.80. The molecule has 0 bridgehead atoms. The molecule has 88 valence electrons. The van der Waals surface area contributed by atoms with Gasteiger partial charge in [-0.15, -0.1) is 0 Å². The molecular formula is C10H25O3P. The van der Waals surface area contributed by atoms with Crippen molar-refractivity contribution in [3.63, 3.8) is 0 Å². The molecule has 0 saturated heterocycles. The van der Waals surface area contributed by atoms with Crippen molar-refractivity contribution in [1.82, 2.24) is 0 Å². The first kappa shape index (κ1) is 14.3. The van der Waals surface area contributed by atoms with Crippen LogP contribution >= 0.6 is 7.26 Å². The van der Waals surface area contributed by atoms with Crippen LogP contribution in [0.25, 0.3) is 0 Å². The zero-order valence-corrected chi connectivity index (χ0v) is 10.2. The van der Waals surface area contributed by atoms with Gasteiger partial charge in [-0.2, -0.15) is 0 Å². The van der Waals surface area contributed by atoms with Crippen molar-refractivity contribution in [3.05, 3.63) is 0 Å². The van der Waals surface area contributed by atoms with E-state index in [1.807, 2.05) is 0 Å². The van der Waals surface area contributed by atoms with Crippen molar-refractivity contribution < 1.29 is 15.3 Å². The summed E-state index contributed by atoms with van der Waals surface area (Å²) in [5, 5.41) is 26.4. The third-order valence-corrected chi connectivity index (χ3v) is 7.50. The molecule has 0 rings (SSSR count). The first-order valence-electron chi connectivity index (χ1n) is 5.51. The van der Waals surface area contributed by atoms with Crippen LogP contribution in [0.5, 0.6) is 0 Å². The van der Waals surface area contributed by atoms with Gasteiger partial charge in [-0.25, -0.2) is 0 Å². The molecule has 3 N–H and O–H groups in total. The van der Waals surface area contributed by atoms with Crippen molar-refractivity contribution in [2.45, 2.75) is 19.3 Å². The Morgan fingerprint density at radius 3 is 1.21 bits per heavy atom. The quantitative estimate of drug-likeness (QED) is 0.500. The average Bonchev–Trinajstić information content (AvgIpc) is 2.21. The number of hydrogen-bond donors (Lipinski definition) is 3. The van der Waals surface area contributed by atoms with Gasteiger partial charge in [-0.3, -0.25) is 0 Å². The van der Waals surface area contributed by atoms with Crippen LogP contribution in [0, 0.1) is 0 Å². The van der Waals surface area contributed by atoms with E-state index in [4.69, 9.17) is 15.3 Å². The Labute approximate surface area is 87.5 Å². The van der Waals surface area contributed by atoms with Gasteiger partial charge in [0.15, 0.2) is 0 Å². The topological polar surface area (TPSA) is 60.7 Å². The van der Waals surface area contributed by atoms with Crippen LogP contribution < -0.4 is 0 Å². The fourth-order valence-corrected chi connectivity index (χ4v) is 5.68. The third-order valence-electron chi connectivity index (χ3n) is 2.82. The van der Waals surface area contributed by atoms with E-state index in [1.54, 1.807) is 0 Å². The molecular weight excluding hydrogens is 199 g/mol. The van der Waals surface area contributed by atoms with E-state index in [0.29, 0.717) is 0 Å². The fraction of sp³-hybridized carbons (Fsp3) is 1.00. The van der Waals surface area contributed by atoms with Gasteiger partial charge in [0.25, 0.3) is 0 Å². The van der Waals surface area contributed by atoms with Gasteiger partial charge < -0.3 is 0 Å². The maximum absolute atomic E-state index is 8.80. The molecule has 0 spiro atoms. The first-order chi connectivity index (χ1) is 6.68. The van der Waals surface area contributed by atoms with Crippen LogP contribution in [-0.2, 0) is 0 Å². The first-order valence-corrected chi connectivity index (χ1v) is 8.63. The van der Waals surface area contributed by atoms with Crippen molar-refractivity contribution in [2.75, 3.05) is 45.0 Å². The number of rotatable bonds is 9. The van der Waals surface area contributed by atoms with Gasteiger partial charge in [-0.05, 0) is 0 Å². The fourth-order valence-electron chi connectivity index (χ4n) is 1.89. The number of hydrogen-bond acceptors (Lipinski definition) is 3. The van der Waals surface area contributed by atoms with E-state index < -0.39 is 7.26 Å². The van der Waals surface area contributed by atoms with Crippen molar-refractivity contribution in [3.8, 4) is 0 Å². The minimum absolute atomic E-state index is 0.265. The van der Waals surface area contributed by atoms with Crippen molar-refractivity contribution >= 4 is 7.26 Å². The molecule has 0 aliphatic heterocycles. The summed E-state index contributed by atoms with van der Waals surface area (Å²) < 4.78 is 0. The Bertz CT molecular complexity index is 109. The van der Waals surface area contributed by atoms with Crippen LogP contribution in [0.3, 0.4) is 0 Å². The van der Waals surface area contributed by atoms with Crippen LogP contribution in [0.1, 0.15) is 19.3 Å². The predicted octanol–water partition coefficient (Wildman–Crippen LogP) is 0.513. The SMILES string of the molecule is C[PH](CCCO)(CCCO)CCCO. The molecule has 0 amide bonds. The third kappa shape index (κ3) is 6.72. The zero-order chi connectivity index (χ0) is 10.9. The van der Waals surface area contributed by atoms with E-state index in [0.717, 1.165) is 37.7 Å². The number of aliphatic hydroxyl groups is 3. The van der Waals surface area contributed by atoms with Gasteiger partial charge in [0, 0.05) is 0 Å². The summed E-state index contributed by atoms with van der Waals surface area (Å²) in [5.41, 5.74) is 0. The predicted molar refractivity (Wildman–Crippen MR) is 63.9 cm³/mol. The normalized spacial score (nSPS) is 13.1. The van der Waals surface area contributed by atoms with E-state index >= 15 is 0 Å². The van der Waals surface area contributed by atoms with E-state index in [1.165, 1.54) is 0 Å². The summed E-state index contributed by atoms with van der Waals surface area (Å²) in [4.78, 5) is 0. The van der Waals surface area contributed by atoms with Gasteiger partial charge in [0.05, 0.1) is 0 Å². The van der Waals surface area contributed by atoms with Crippen molar-refractivity contribution in [1.29, 1.82) is 0 Å². The Balaban J connectivity index is 3.89. The maximum atomic E-state index is 8.80. The molecule has 0 aliphatic rings. The molecule has 0 aromatic rings. The summed E-state index contributed by atoms with van der Waals surface area (Å²) in [6.45, 7) is 3.11. The van der Waals surface area contributed by atoms with Crippen LogP contribution in [0.4, 0.5) is 0 Å². The van der Waals surface area contributed by atoms with Gasteiger partial charge in [0.1, 0.15) is 0 Å². The van der Waals surface area contributed by atoms with E-state index in [9.17, 15) is 0 Å². The number of aliphatic hydroxyl groups excluding tert-OH is 3. The standard InChI is InChI=1S/C10H25O3P/c1-14(8-2-5-11,9-3-6-12)10-4-7-13/h11-14H,2-10H2,1H3. The van der Waals surface area contributed by atoms with Crippen molar-refractivity contribution in [2.24, 2.45) is 0 Å². The Morgan fingerprint density at radius 2 is 1.00 bits per heavy atom. The summed E-state index contributed by atoms with van der Waals surface area (Å²) in [6, 6.07) is 0. The molecule has 0 radical (unpaired) electrons. The molecule has 14 heavy (non-hydrogen) atoms. The summed E-state index contributed by atoms with van der Waals surface area (Å²) in [7, 11) is -1.29. The zero-order valence-electron chi connectivity index (χ0n) is 9.21. The van der Waals surface area contributed by atoms with Gasteiger partial charge >= 0.3 is 86.8 Å². The minimum atomic E-state index is -1.29. The molecule has 0 saturated carbocycles. The summed E-state index contributed by atoms with van der Waals surface area (Å²) in [6.07, 6.45) is 5.97. The van der Waals surface area contributed by atoms with Gasteiger partial charge in [-0.1, -0.05) is 0 Å². The average molecular weight is 224 g/mol. The molecule has 0 heterocycles. The monoisotopic (exact) mass is 224 g/mol. The summed E-state index contributed by atoms with van der Waals surface area (Å²) >= 11 is 0. The van der Waals surface area contributed by atoms with E-state index in [2.05, 4.69) is 6.66 Å². The second-order valence-corrected chi connectivity index (χ2v) is 9.41. The Morgan fingerprint density at radius 1 is 0.714 bits per heavy atom. The second kappa shape index (κ2) is 8.60. The molecule has 0 aromatic carbocycles. The molecule has 4 heteroatoms.